The van der Waals surface area contributed by atoms with Crippen molar-refractivity contribution in [2.75, 3.05) is 0 Å². The fraction of sp³-hybridized carbons (Fsp3) is 0.167. The van der Waals surface area contributed by atoms with Gasteiger partial charge in [-0.05, 0) is 25.5 Å². The smallest absolute Gasteiger partial charge is 0.137 e. The van der Waals surface area contributed by atoms with Crippen LogP contribution >= 0.6 is 11.3 Å². The Bertz CT molecular complexity index is 651. The number of rotatable bonds is 1. The van der Waals surface area contributed by atoms with Crippen LogP contribution in [0.3, 0.4) is 0 Å². The van der Waals surface area contributed by atoms with Crippen LogP contribution in [0.15, 0.2) is 30.0 Å². The largest absolute Gasteiger partial charge is 0.306 e. The van der Waals surface area contributed by atoms with Gasteiger partial charge in [-0.2, -0.15) is 0 Å². The van der Waals surface area contributed by atoms with Gasteiger partial charge in [0.15, 0.2) is 0 Å². The van der Waals surface area contributed by atoms with E-state index in [4.69, 9.17) is 0 Å². The van der Waals surface area contributed by atoms with Crippen LogP contribution in [-0.2, 0) is 0 Å². The summed E-state index contributed by atoms with van der Waals surface area (Å²) in [4.78, 5) is 9.99. The van der Waals surface area contributed by atoms with Crippen molar-refractivity contribution in [3.63, 3.8) is 0 Å². The Morgan fingerprint density at radius 2 is 2.06 bits per heavy atom. The van der Waals surface area contributed by atoms with Crippen LogP contribution in [-0.4, -0.2) is 14.4 Å². The molecule has 0 radical (unpaired) electrons. The zero-order valence-corrected chi connectivity index (χ0v) is 9.95. The van der Waals surface area contributed by atoms with Gasteiger partial charge >= 0.3 is 0 Å². The average molecular weight is 229 g/mol. The maximum absolute atomic E-state index is 4.59. The molecule has 3 nitrogen and oxygen atoms in total. The molecular weight excluding hydrogens is 218 g/mol. The monoisotopic (exact) mass is 229 g/mol. The van der Waals surface area contributed by atoms with Crippen molar-refractivity contribution < 1.29 is 0 Å². The van der Waals surface area contributed by atoms with Crippen molar-refractivity contribution in [1.82, 2.24) is 14.4 Å². The Labute approximate surface area is 97.4 Å². The second-order valence-electron chi connectivity index (χ2n) is 3.86. The van der Waals surface area contributed by atoms with E-state index in [0.717, 1.165) is 21.9 Å². The predicted molar refractivity (Wildman–Crippen MR) is 65.8 cm³/mol. The summed E-state index contributed by atoms with van der Waals surface area (Å²) in [6.45, 7) is 4.10. The summed E-state index contributed by atoms with van der Waals surface area (Å²) in [5, 5.41) is 0. The molecule has 0 aliphatic rings. The molecule has 16 heavy (non-hydrogen) atoms. The molecule has 0 bridgehead atoms. The Kier molecular flexibility index (Phi) is 2.04. The third kappa shape index (κ3) is 1.42. The minimum Gasteiger partial charge on any atom is -0.306 e. The summed E-state index contributed by atoms with van der Waals surface area (Å²) in [7, 11) is 0. The zero-order chi connectivity index (χ0) is 11.1. The van der Waals surface area contributed by atoms with E-state index in [0.29, 0.717) is 0 Å². The molecular formula is C12H11N3S. The van der Waals surface area contributed by atoms with E-state index < -0.39 is 0 Å². The van der Waals surface area contributed by atoms with Gasteiger partial charge in [-0.25, -0.2) is 9.97 Å². The minimum atomic E-state index is 0.980. The number of nitrogens with zero attached hydrogens (tertiary/aromatic N) is 3. The van der Waals surface area contributed by atoms with Crippen molar-refractivity contribution in [3.05, 3.63) is 41.3 Å². The molecule has 4 heteroatoms. The first kappa shape index (κ1) is 9.54. The Hall–Kier alpha value is -1.68. The number of thiazole rings is 1. The van der Waals surface area contributed by atoms with Crippen molar-refractivity contribution in [2.45, 2.75) is 13.8 Å². The number of aromatic nitrogens is 3. The molecule has 0 aliphatic heterocycles. The van der Waals surface area contributed by atoms with Gasteiger partial charge in [0.25, 0.3) is 0 Å². The Morgan fingerprint density at radius 3 is 2.81 bits per heavy atom. The molecule has 0 aromatic carbocycles. The van der Waals surface area contributed by atoms with Crippen LogP contribution in [0.25, 0.3) is 16.2 Å². The van der Waals surface area contributed by atoms with Crippen LogP contribution in [0.5, 0.6) is 0 Å². The van der Waals surface area contributed by atoms with Crippen LogP contribution in [0.2, 0.25) is 0 Å². The SMILES string of the molecule is Cc1ccc2nc(-c3scnc3C)cn2c1. The van der Waals surface area contributed by atoms with Gasteiger partial charge in [-0.3, -0.25) is 0 Å². The number of fused-ring (bicyclic) bond motifs is 1. The quantitative estimate of drug-likeness (QED) is 0.642. The van der Waals surface area contributed by atoms with Crippen molar-refractivity contribution in [3.8, 4) is 10.6 Å². The molecule has 0 N–H and O–H groups in total. The molecule has 0 amide bonds. The molecule has 80 valence electrons. The standard InChI is InChI=1S/C12H11N3S/c1-8-3-4-11-14-10(6-15(11)5-8)12-9(2)13-7-16-12/h3-7H,1-2H3. The second-order valence-corrected chi connectivity index (χ2v) is 4.72. The highest BCUT2D eigenvalue weighted by Crippen LogP contribution is 2.26. The maximum Gasteiger partial charge on any atom is 0.137 e. The lowest BCUT2D eigenvalue weighted by Gasteiger charge is -1.93. The van der Waals surface area contributed by atoms with E-state index in [1.807, 2.05) is 18.5 Å². The first-order chi connectivity index (χ1) is 7.74. The molecule has 3 heterocycles. The van der Waals surface area contributed by atoms with Crippen LogP contribution in [0, 0.1) is 13.8 Å². The Balaban J connectivity index is 2.23. The molecule has 0 saturated carbocycles. The molecule has 3 rings (SSSR count). The molecule has 0 aliphatic carbocycles. The van der Waals surface area contributed by atoms with Gasteiger partial charge < -0.3 is 4.40 Å². The number of imidazole rings is 1. The van der Waals surface area contributed by atoms with E-state index in [-0.39, 0.29) is 0 Å². The fourth-order valence-electron chi connectivity index (χ4n) is 1.76. The molecule has 3 aromatic heterocycles. The first-order valence-electron chi connectivity index (χ1n) is 5.10. The third-order valence-corrected chi connectivity index (χ3v) is 3.53. The van der Waals surface area contributed by atoms with Gasteiger partial charge in [-0.1, -0.05) is 6.07 Å². The Morgan fingerprint density at radius 1 is 1.19 bits per heavy atom. The van der Waals surface area contributed by atoms with E-state index in [9.17, 15) is 0 Å². The maximum atomic E-state index is 4.59. The van der Waals surface area contributed by atoms with Crippen molar-refractivity contribution in [2.24, 2.45) is 0 Å². The van der Waals surface area contributed by atoms with Crippen LogP contribution < -0.4 is 0 Å². The highest BCUT2D eigenvalue weighted by molar-refractivity contribution is 7.13. The first-order valence-corrected chi connectivity index (χ1v) is 5.98. The second kappa shape index (κ2) is 3.42. The number of pyridine rings is 1. The van der Waals surface area contributed by atoms with Gasteiger partial charge in [0.2, 0.25) is 0 Å². The summed E-state index contributed by atoms with van der Waals surface area (Å²) >= 11 is 1.64. The fourth-order valence-corrected chi connectivity index (χ4v) is 2.52. The number of aryl methyl sites for hydroxylation is 2. The lowest BCUT2D eigenvalue weighted by atomic mass is 10.3. The van der Waals surface area contributed by atoms with Crippen LogP contribution in [0.1, 0.15) is 11.3 Å². The molecule has 0 unspecified atom stereocenters. The van der Waals surface area contributed by atoms with Gasteiger partial charge in [0.1, 0.15) is 11.3 Å². The summed E-state index contributed by atoms with van der Waals surface area (Å²) in [6, 6.07) is 4.11. The summed E-state index contributed by atoms with van der Waals surface area (Å²) in [6.07, 6.45) is 4.14. The lowest BCUT2D eigenvalue weighted by Crippen LogP contribution is -1.82. The van der Waals surface area contributed by atoms with Gasteiger partial charge in [0.05, 0.1) is 16.1 Å². The molecule has 0 saturated heterocycles. The summed E-state index contributed by atoms with van der Waals surface area (Å²) in [5.74, 6) is 0. The molecule has 0 fully saturated rings. The highest BCUT2D eigenvalue weighted by atomic mass is 32.1. The number of hydrogen-bond donors (Lipinski definition) is 0. The summed E-state index contributed by atoms with van der Waals surface area (Å²) in [5.41, 5.74) is 6.13. The normalized spacial score (nSPS) is 11.1. The molecule has 0 atom stereocenters. The van der Waals surface area contributed by atoms with Crippen molar-refractivity contribution >= 4 is 17.0 Å². The summed E-state index contributed by atoms with van der Waals surface area (Å²) < 4.78 is 2.06. The average Bonchev–Trinajstić information content (AvgIpc) is 2.82. The van der Waals surface area contributed by atoms with E-state index >= 15 is 0 Å². The van der Waals surface area contributed by atoms with Gasteiger partial charge in [-0.15, -0.1) is 11.3 Å². The number of hydrogen-bond acceptors (Lipinski definition) is 3. The zero-order valence-electron chi connectivity index (χ0n) is 9.14. The van der Waals surface area contributed by atoms with E-state index in [2.05, 4.69) is 39.8 Å². The molecule has 3 aromatic rings. The van der Waals surface area contributed by atoms with Crippen LogP contribution in [0.4, 0.5) is 0 Å². The predicted octanol–water partition coefficient (Wildman–Crippen LogP) is 3.07. The molecule has 0 spiro atoms. The van der Waals surface area contributed by atoms with E-state index in [1.165, 1.54) is 5.56 Å². The third-order valence-electron chi connectivity index (χ3n) is 2.58. The lowest BCUT2D eigenvalue weighted by molar-refractivity contribution is 1.16. The topological polar surface area (TPSA) is 30.2 Å². The van der Waals surface area contributed by atoms with Crippen molar-refractivity contribution in [1.29, 1.82) is 0 Å². The highest BCUT2D eigenvalue weighted by Gasteiger charge is 2.08. The minimum absolute atomic E-state index is 0.980. The van der Waals surface area contributed by atoms with E-state index in [1.54, 1.807) is 11.3 Å². The van der Waals surface area contributed by atoms with Gasteiger partial charge in [0, 0.05) is 12.4 Å².